The van der Waals surface area contributed by atoms with E-state index in [-0.39, 0.29) is 11.9 Å². The molecule has 0 aromatic carbocycles. The Morgan fingerprint density at radius 2 is 2.00 bits per heavy atom. The van der Waals surface area contributed by atoms with Crippen LogP contribution in [0.3, 0.4) is 0 Å². The number of aromatic carboxylic acids is 1. The molecular weight excluding hydrogens is 407 g/mol. The maximum atomic E-state index is 12.2. The lowest BCUT2D eigenvalue weighted by Gasteiger charge is -2.25. The molecule has 3 heterocycles. The van der Waals surface area contributed by atoms with Gasteiger partial charge in [0, 0.05) is 23.9 Å². The van der Waals surface area contributed by atoms with Crippen molar-refractivity contribution in [1.29, 1.82) is 0 Å². The van der Waals surface area contributed by atoms with Crippen molar-refractivity contribution in [2.24, 2.45) is 0 Å². The van der Waals surface area contributed by atoms with Gasteiger partial charge in [-0.15, -0.1) is 11.3 Å². The first-order chi connectivity index (χ1) is 12.9. The molecule has 144 valence electrons. The SMILES string of the molecule is O=C(O)c1ccc(CCC[C@H]2CCC(=O)N2CCc2cc(Cl)nc(Cl)c2)s1. The fraction of sp³-hybridized carbons (Fsp3) is 0.421. The van der Waals surface area contributed by atoms with Crippen molar-refractivity contribution >= 4 is 46.4 Å². The Morgan fingerprint density at radius 3 is 2.67 bits per heavy atom. The number of hydrogen-bond donors (Lipinski definition) is 1. The molecule has 8 heteroatoms. The number of aryl methyl sites for hydroxylation is 1. The van der Waals surface area contributed by atoms with Crippen LogP contribution in [-0.4, -0.2) is 39.5 Å². The summed E-state index contributed by atoms with van der Waals surface area (Å²) in [5, 5.41) is 9.71. The summed E-state index contributed by atoms with van der Waals surface area (Å²) in [6, 6.07) is 7.32. The summed E-state index contributed by atoms with van der Waals surface area (Å²) >= 11 is 13.2. The highest BCUT2D eigenvalue weighted by Gasteiger charge is 2.30. The van der Waals surface area contributed by atoms with Gasteiger partial charge in [-0.3, -0.25) is 4.79 Å². The molecule has 1 amide bonds. The van der Waals surface area contributed by atoms with E-state index in [9.17, 15) is 9.59 Å². The van der Waals surface area contributed by atoms with Crippen molar-refractivity contribution in [1.82, 2.24) is 9.88 Å². The highest BCUT2D eigenvalue weighted by Crippen LogP contribution is 2.26. The zero-order chi connectivity index (χ0) is 19.4. The molecule has 3 rings (SSSR count). The number of halogens is 2. The van der Waals surface area contributed by atoms with Crippen molar-refractivity contribution in [2.45, 2.75) is 44.6 Å². The minimum absolute atomic E-state index is 0.190. The van der Waals surface area contributed by atoms with Crippen molar-refractivity contribution in [3.63, 3.8) is 0 Å². The van der Waals surface area contributed by atoms with Crippen LogP contribution in [0.15, 0.2) is 24.3 Å². The molecule has 0 spiro atoms. The Bertz CT molecular complexity index is 820. The van der Waals surface area contributed by atoms with Crippen LogP contribution >= 0.6 is 34.5 Å². The number of rotatable bonds is 8. The van der Waals surface area contributed by atoms with Gasteiger partial charge in [-0.1, -0.05) is 23.2 Å². The second-order valence-corrected chi connectivity index (χ2v) is 8.56. The van der Waals surface area contributed by atoms with E-state index in [0.717, 1.165) is 36.1 Å². The predicted octanol–water partition coefficient (Wildman–Crippen LogP) is 4.70. The second kappa shape index (κ2) is 9.04. The number of hydrogen-bond acceptors (Lipinski definition) is 4. The quantitative estimate of drug-likeness (QED) is 0.620. The molecule has 0 saturated carbocycles. The van der Waals surface area contributed by atoms with Gasteiger partial charge < -0.3 is 10.0 Å². The summed E-state index contributed by atoms with van der Waals surface area (Å²) in [5.41, 5.74) is 0.971. The summed E-state index contributed by atoms with van der Waals surface area (Å²) in [5.74, 6) is -0.689. The van der Waals surface area contributed by atoms with Crippen LogP contribution < -0.4 is 0 Å². The number of carboxylic acids is 1. The van der Waals surface area contributed by atoms with E-state index in [0.29, 0.717) is 34.6 Å². The molecule has 2 aromatic rings. The van der Waals surface area contributed by atoms with Gasteiger partial charge >= 0.3 is 5.97 Å². The zero-order valence-electron chi connectivity index (χ0n) is 14.7. The molecule has 1 N–H and O–H groups in total. The van der Waals surface area contributed by atoms with Gasteiger partial charge in [0.2, 0.25) is 5.91 Å². The van der Waals surface area contributed by atoms with E-state index in [2.05, 4.69) is 4.98 Å². The molecule has 1 atom stereocenters. The van der Waals surface area contributed by atoms with Crippen molar-refractivity contribution in [3.8, 4) is 0 Å². The number of carboxylic acid groups (broad SMARTS) is 1. The maximum Gasteiger partial charge on any atom is 0.345 e. The van der Waals surface area contributed by atoms with E-state index in [1.54, 1.807) is 18.2 Å². The highest BCUT2D eigenvalue weighted by molar-refractivity contribution is 7.13. The van der Waals surface area contributed by atoms with Gasteiger partial charge in [0.05, 0.1) is 0 Å². The Kier molecular flexibility index (Phi) is 6.73. The lowest BCUT2D eigenvalue weighted by atomic mass is 10.1. The number of thiophene rings is 1. The Morgan fingerprint density at radius 1 is 1.26 bits per heavy atom. The third kappa shape index (κ3) is 5.43. The number of likely N-dealkylation sites (tertiary alicyclic amines) is 1. The van der Waals surface area contributed by atoms with Crippen molar-refractivity contribution in [2.75, 3.05) is 6.54 Å². The fourth-order valence-electron chi connectivity index (χ4n) is 3.45. The molecular formula is C19H20Cl2N2O3S. The van der Waals surface area contributed by atoms with Gasteiger partial charge in [-0.05, 0) is 61.9 Å². The molecule has 1 saturated heterocycles. The summed E-state index contributed by atoms with van der Waals surface area (Å²) in [6.07, 6.45) is 4.85. The average Bonchev–Trinajstić information content (AvgIpc) is 3.20. The van der Waals surface area contributed by atoms with E-state index >= 15 is 0 Å². The highest BCUT2D eigenvalue weighted by atomic mass is 35.5. The third-order valence-corrected chi connectivity index (χ3v) is 6.27. The summed E-state index contributed by atoms with van der Waals surface area (Å²) < 4.78 is 0. The van der Waals surface area contributed by atoms with E-state index in [1.165, 1.54) is 11.3 Å². The number of carbonyl (C=O) groups excluding carboxylic acids is 1. The van der Waals surface area contributed by atoms with Crippen LogP contribution in [0.2, 0.25) is 10.3 Å². The summed E-state index contributed by atoms with van der Waals surface area (Å²) in [6.45, 7) is 0.641. The molecule has 0 unspecified atom stereocenters. The number of amides is 1. The zero-order valence-corrected chi connectivity index (χ0v) is 17.0. The number of carbonyl (C=O) groups is 2. The van der Waals surface area contributed by atoms with Crippen LogP contribution in [-0.2, 0) is 17.6 Å². The summed E-state index contributed by atoms with van der Waals surface area (Å²) in [4.78, 5) is 30.5. The number of nitrogens with zero attached hydrogens (tertiary/aromatic N) is 2. The fourth-order valence-corrected chi connectivity index (χ4v) is 4.84. The van der Waals surface area contributed by atoms with Crippen molar-refractivity contribution in [3.05, 3.63) is 49.9 Å². The van der Waals surface area contributed by atoms with E-state index in [1.807, 2.05) is 11.0 Å². The van der Waals surface area contributed by atoms with Crippen LogP contribution in [0, 0.1) is 0 Å². The third-order valence-electron chi connectivity index (χ3n) is 4.75. The van der Waals surface area contributed by atoms with Crippen molar-refractivity contribution < 1.29 is 14.7 Å². The van der Waals surface area contributed by atoms with E-state index < -0.39 is 5.97 Å². The first-order valence-corrected chi connectivity index (χ1v) is 10.4. The molecule has 27 heavy (non-hydrogen) atoms. The minimum Gasteiger partial charge on any atom is -0.477 e. The monoisotopic (exact) mass is 426 g/mol. The minimum atomic E-state index is -0.880. The van der Waals surface area contributed by atoms with Gasteiger partial charge in [-0.25, -0.2) is 9.78 Å². The molecule has 1 aliphatic rings. The van der Waals surface area contributed by atoms with Crippen LogP contribution in [0.25, 0.3) is 0 Å². The number of aromatic nitrogens is 1. The molecule has 1 fully saturated rings. The van der Waals surface area contributed by atoms with Gasteiger partial charge in [-0.2, -0.15) is 0 Å². The first-order valence-electron chi connectivity index (χ1n) is 8.86. The standard InChI is InChI=1S/C19H20Cl2N2O3S/c20-16-10-12(11-17(21)22-16)8-9-23-13(4-7-18(23)24)2-1-3-14-5-6-15(27-14)19(25)26/h5-6,10-11,13H,1-4,7-9H2,(H,25,26)/t13-/m0/s1. The molecule has 0 radical (unpaired) electrons. The Balaban J connectivity index is 1.51. The second-order valence-electron chi connectivity index (χ2n) is 6.61. The molecule has 1 aliphatic heterocycles. The average molecular weight is 427 g/mol. The van der Waals surface area contributed by atoms with Gasteiger partial charge in [0.15, 0.2) is 0 Å². The lowest BCUT2D eigenvalue weighted by Crippen LogP contribution is -2.34. The molecule has 2 aromatic heterocycles. The summed E-state index contributed by atoms with van der Waals surface area (Å²) in [7, 11) is 0. The van der Waals surface area contributed by atoms with E-state index in [4.69, 9.17) is 28.3 Å². The Labute approximate surface area is 171 Å². The van der Waals surface area contributed by atoms with Crippen LogP contribution in [0.5, 0.6) is 0 Å². The van der Waals surface area contributed by atoms with Crippen LogP contribution in [0.4, 0.5) is 0 Å². The van der Waals surface area contributed by atoms with Crippen LogP contribution in [0.1, 0.15) is 45.8 Å². The lowest BCUT2D eigenvalue weighted by molar-refractivity contribution is -0.129. The molecule has 5 nitrogen and oxygen atoms in total. The van der Waals surface area contributed by atoms with Gasteiger partial charge in [0.1, 0.15) is 15.2 Å². The first kappa shape index (κ1) is 20.1. The topological polar surface area (TPSA) is 70.5 Å². The Hall–Kier alpha value is -1.63. The number of pyridine rings is 1. The van der Waals surface area contributed by atoms with Gasteiger partial charge in [0.25, 0.3) is 0 Å². The largest absolute Gasteiger partial charge is 0.477 e. The molecule has 0 aliphatic carbocycles. The predicted molar refractivity (Wildman–Crippen MR) is 107 cm³/mol. The molecule has 0 bridgehead atoms. The maximum absolute atomic E-state index is 12.2. The normalized spacial score (nSPS) is 16.9. The smallest absolute Gasteiger partial charge is 0.345 e.